The topological polar surface area (TPSA) is 79.3 Å². The molecule has 0 unspecified atom stereocenters. The van der Waals surface area contributed by atoms with Crippen LogP contribution in [0.15, 0.2) is 5.38 Å². The molecule has 1 fully saturated rings. The molecule has 0 radical (unpaired) electrons. The van der Waals surface area contributed by atoms with E-state index in [9.17, 15) is 9.59 Å². The summed E-state index contributed by atoms with van der Waals surface area (Å²) in [4.78, 5) is 26.9. The molecule has 6 heteroatoms. The maximum atomic E-state index is 12.2. The molecule has 5 nitrogen and oxygen atoms in total. The van der Waals surface area contributed by atoms with Gasteiger partial charge in [-0.25, -0.2) is 9.78 Å². The van der Waals surface area contributed by atoms with Gasteiger partial charge in [0.25, 0.3) is 5.91 Å². The van der Waals surface area contributed by atoms with Gasteiger partial charge in [-0.3, -0.25) is 4.79 Å². The van der Waals surface area contributed by atoms with E-state index in [1.807, 2.05) is 0 Å². The lowest BCUT2D eigenvalue weighted by molar-refractivity contribution is 0.0691. The van der Waals surface area contributed by atoms with Crippen molar-refractivity contribution in [3.63, 3.8) is 0 Å². The highest BCUT2D eigenvalue weighted by Gasteiger charge is 2.39. The molecule has 2 rings (SSSR count). The molecule has 21 heavy (non-hydrogen) atoms. The molecular formula is C15H22N2O3S. The molecule has 1 heterocycles. The summed E-state index contributed by atoms with van der Waals surface area (Å²) in [5.74, 6) is -1.38. The van der Waals surface area contributed by atoms with Crippen LogP contribution < -0.4 is 5.32 Å². The van der Waals surface area contributed by atoms with Gasteiger partial charge < -0.3 is 10.4 Å². The standard InChI is InChI=1S/C15H22N2O3S/c1-14(2)5-9(6-15(3,4)8-14)16-11(18)12-17-10(7-21-12)13(19)20/h7,9H,5-6,8H2,1-4H3,(H,16,18)(H,19,20). The van der Waals surface area contributed by atoms with Crippen LogP contribution in [-0.4, -0.2) is 28.0 Å². The number of carboxylic acids is 1. The van der Waals surface area contributed by atoms with Crippen LogP contribution in [0.5, 0.6) is 0 Å². The predicted molar refractivity (Wildman–Crippen MR) is 81.7 cm³/mol. The quantitative estimate of drug-likeness (QED) is 0.898. The van der Waals surface area contributed by atoms with E-state index in [0.29, 0.717) is 0 Å². The second-order valence-electron chi connectivity index (χ2n) is 7.43. The van der Waals surface area contributed by atoms with Crippen LogP contribution in [0.3, 0.4) is 0 Å². The van der Waals surface area contributed by atoms with Gasteiger partial charge in [-0.15, -0.1) is 11.3 Å². The Morgan fingerprint density at radius 2 is 1.86 bits per heavy atom. The molecule has 0 spiro atoms. The number of hydrogen-bond acceptors (Lipinski definition) is 4. The molecule has 116 valence electrons. The lowest BCUT2D eigenvalue weighted by Crippen LogP contribution is -2.46. The number of carbonyl (C=O) groups excluding carboxylic acids is 1. The Hall–Kier alpha value is -1.43. The normalized spacial score (nSPS) is 21.0. The molecule has 0 saturated heterocycles. The maximum absolute atomic E-state index is 12.2. The molecule has 1 aliphatic carbocycles. The highest BCUT2D eigenvalue weighted by molar-refractivity contribution is 7.11. The second-order valence-corrected chi connectivity index (χ2v) is 8.28. The average Bonchev–Trinajstić information content (AvgIpc) is 2.72. The fourth-order valence-electron chi connectivity index (χ4n) is 3.67. The van der Waals surface area contributed by atoms with E-state index in [0.717, 1.165) is 30.6 Å². The minimum absolute atomic E-state index is 0.0746. The van der Waals surface area contributed by atoms with Crippen LogP contribution in [0, 0.1) is 10.8 Å². The van der Waals surface area contributed by atoms with Crippen molar-refractivity contribution in [2.75, 3.05) is 0 Å². The Morgan fingerprint density at radius 3 is 2.33 bits per heavy atom. The monoisotopic (exact) mass is 310 g/mol. The van der Waals surface area contributed by atoms with Crippen LogP contribution in [0.4, 0.5) is 0 Å². The Labute approximate surface area is 128 Å². The predicted octanol–water partition coefficient (Wildman–Crippen LogP) is 3.18. The minimum Gasteiger partial charge on any atom is -0.476 e. The number of rotatable bonds is 3. The zero-order valence-electron chi connectivity index (χ0n) is 12.9. The summed E-state index contributed by atoms with van der Waals surface area (Å²) in [6.07, 6.45) is 2.99. The van der Waals surface area contributed by atoms with E-state index in [2.05, 4.69) is 38.0 Å². The minimum atomic E-state index is -1.11. The van der Waals surface area contributed by atoms with Crippen LogP contribution in [0.1, 0.15) is 67.2 Å². The average molecular weight is 310 g/mol. The molecule has 1 aliphatic rings. The van der Waals surface area contributed by atoms with E-state index in [1.165, 1.54) is 5.38 Å². The first-order valence-corrected chi connectivity index (χ1v) is 7.96. The van der Waals surface area contributed by atoms with Gasteiger partial charge in [-0.05, 0) is 30.1 Å². The lowest BCUT2D eigenvalue weighted by atomic mass is 9.63. The van der Waals surface area contributed by atoms with E-state index < -0.39 is 5.97 Å². The van der Waals surface area contributed by atoms with Crippen LogP contribution in [0.2, 0.25) is 0 Å². The van der Waals surface area contributed by atoms with E-state index >= 15 is 0 Å². The molecule has 0 aliphatic heterocycles. The number of aromatic nitrogens is 1. The summed E-state index contributed by atoms with van der Waals surface area (Å²) >= 11 is 1.07. The van der Waals surface area contributed by atoms with E-state index in [1.54, 1.807) is 0 Å². The van der Waals surface area contributed by atoms with Crippen molar-refractivity contribution in [3.8, 4) is 0 Å². The lowest BCUT2D eigenvalue weighted by Gasteiger charge is -2.45. The van der Waals surface area contributed by atoms with Crippen molar-refractivity contribution in [1.82, 2.24) is 10.3 Å². The molecule has 1 aromatic rings. The van der Waals surface area contributed by atoms with Crippen molar-refractivity contribution in [1.29, 1.82) is 0 Å². The van der Waals surface area contributed by atoms with Gasteiger partial charge in [0.1, 0.15) is 0 Å². The van der Waals surface area contributed by atoms with Gasteiger partial charge in [-0.1, -0.05) is 27.7 Å². The highest BCUT2D eigenvalue weighted by atomic mass is 32.1. The SMILES string of the molecule is CC1(C)CC(NC(=O)c2nc(C(=O)O)cs2)CC(C)(C)C1. The summed E-state index contributed by atoms with van der Waals surface area (Å²) in [5, 5.41) is 13.5. The smallest absolute Gasteiger partial charge is 0.355 e. The Balaban J connectivity index is 2.06. The highest BCUT2D eigenvalue weighted by Crippen LogP contribution is 2.45. The number of nitrogens with zero attached hydrogens (tertiary/aromatic N) is 1. The number of carbonyl (C=O) groups is 2. The number of thiazole rings is 1. The molecular weight excluding hydrogens is 288 g/mol. The number of carboxylic acid groups (broad SMARTS) is 1. The van der Waals surface area contributed by atoms with Gasteiger partial charge in [0, 0.05) is 11.4 Å². The van der Waals surface area contributed by atoms with E-state index in [-0.39, 0.29) is 33.5 Å². The fraction of sp³-hybridized carbons (Fsp3) is 0.667. The second kappa shape index (κ2) is 5.40. The third kappa shape index (κ3) is 4.03. The number of nitrogens with one attached hydrogen (secondary N) is 1. The molecule has 1 saturated carbocycles. The molecule has 2 N–H and O–H groups in total. The Bertz CT molecular complexity index is 547. The third-order valence-corrected chi connectivity index (χ3v) is 4.65. The molecule has 0 atom stereocenters. The molecule has 0 bridgehead atoms. The molecule has 1 aromatic heterocycles. The first-order chi connectivity index (χ1) is 9.58. The van der Waals surface area contributed by atoms with Crippen molar-refractivity contribution in [2.24, 2.45) is 10.8 Å². The van der Waals surface area contributed by atoms with Gasteiger partial charge in [-0.2, -0.15) is 0 Å². The van der Waals surface area contributed by atoms with Crippen LogP contribution >= 0.6 is 11.3 Å². The van der Waals surface area contributed by atoms with E-state index in [4.69, 9.17) is 5.11 Å². The third-order valence-electron chi connectivity index (χ3n) is 3.81. The zero-order chi connectivity index (χ0) is 15.8. The van der Waals surface area contributed by atoms with Crippen LogP contribution in [-0.2, 0) is 0 Å². The van der Waals surface area contributed by atoms with Crippen LogP contribution in [0.25, 0.3) is 0 Å². The summed E-state index contributed by atoms with van der Waals surface area (Å²) < 4.78 is 0. The van der Waals surface area contributed by atoms with Gasteiger partial charge in [0.05, 0.1) is 0 Å². The van der Waals surface area contributed by atoms with Gasteiger partial charge >= 0.3 is 5.97 Å². The Morgan fingerprint density at radius 1 is 1.29 bits per heavy atom. The summed E-state index contributed by atoms with van der Waals surface area (Å²) in [6, 6.07) is 0.105. The molecule has 1 amide bonds. The largest absolute Gasteiger partial charge is 0.476 e. The summed E-state index contributed by atoms with van der Waals surface area (Å²) in [7, 11) is 0. The van der Waals surface area contributed by atoms with Crippen molar-refractivity contribution in [3.05, 3.63) is 16.1 Å². The van der Waals surface area contributed by atoms with Crippen molar-refractivity contribution < 1.29 is 14.7 Å². The van der Waals surface area contributed by atoms with Crippen molar-refractivity contribution >= 4 is 23.2 Å². The Kier molecular flexibility index (Phi) is 4.10. The summed E-state index contributed by atoms with van der Waals surface area (Å²) in [6.45, 7) is 8.88. The fourth-order valence-corrected chi connectivity index (χ4v) is 4.37. The van der Waals surface area contributed by atoms with Gasteiger partial charge in [0.15, 0.2) is 10.7 Å². The number of aromatic carboxylic acids is 1. The number of amides is 1. The summed E-state index contributed by atoms with van der Waals surface area (Å²) in [5.41, 5.74) is 0.304. The first kappa shape index (κ1) is 15.9. The number of hydrogen-bond donors (Lipinski definition) is 2. The van der Waals surface area contributed by atoms with Crippen molar-refractivity contribution in [2.45, 2.75) is 53.0 Å². The molecule has 0 aromatic carbocycles. The maximum Gasteiger partial charge on any atom is 0.355 e. The first-order valence-electron chi connectivity index (χ1n) is 7.08. The van der Waals surface area contributed by atoms with Gasteiger partial charge in [0.2, 0.25) is 0 Å². The zero-order valence-corrected chi connectivity index (χ0v) is 13.7.